The molecule has 0 aromatic heterocycles. The molecule has 0 aromatic rings. The van der Waals surface area contributed by atoms with Crippen LogP contribution < -0.4 is 0 Å². The molecule has 0 atom stereocenters. The smallest absolute Gasteiger partial charge is 0.165 e. The Kier molecular flexibility index (Phi) is 10.2. The molecule has 0 radical (unpaired) electrons. The van der Waals surface area contributed by atoms with Crippen molar-refractivity contribution in [3.8, 4) is 0 Å². The average Bonchev–Trinajstić information content (AvgIpc) is 2.83. The monoisotopic (exact) mass is 334 g/mol. The van der Waals surface area contributed by atoms with Gasteiger partial charge in [0.15, 0.2) is 5.79 Å². The van der Waals surface area contributed by atoms with Crippen molar-refractivity contribution in [1.82, 2.24) is 0 Å². The summed E-state index contributed by atoms with van der Waals surface area (Å²) >= 11 is 3.48. The van der Waals surface area contributed by atoms with Crippen molar-refractivity contribution in [1.29, 1.82) is 0 Å². The molecule has 0 aromatic carbocycles. The van der Waals surface area contributed by atoms with Crippen LogP contribution >= 0.6 is 15.9 Å². The zero-order valence-corrected chi connectivity index (χ0v) is 14.2. The molecule has 0 saturated carbocycles. The van der Waals surface area contributed by atoms with Crippen LogP contribution in [0.25, 0.3) is 0 Å². The second-order valence-electron chi connectivity index (χ2n) is 5.81. The Morgan fingerprint density at radius 3 is 1.63 bits per heavy atom. The fourth-order valence-corrected chi connectivity index (χ4v) is 3.05. The summed E-state index contributed by atoms with van der Waals surface area (Å²) in [5.74, 6) is -0.268. The van der Waals surface area contributed by atoms with Gasteiger partial charge in [0.05, 0.1) is 13.2 Å². The average molecular weight is 335 g/mol. The van der Waals surface area contributed by atoms with Gasteiger partial charge in [0, 0.05) is 11.8 Å². The largest absolute Gasteiger partial charge is 0.348 e. The minimum absolute atomic E-state index is 0.268. The van der Waals surface area contributed by atoms with Crippen LogP contribution in [0.5, 0.6) is 0 Å². The van der Waals surface area contributed by atoms with Gasteiger partial charge in [0.2, 0.25) is 0 Å². The minimum atomic E-state index is -0.268. The van der Waals surface area contributed by atoms with Gasteiger partial charge in [-0.3, -0.25) is 0 Å². The zero-order valence-electron chi connectivity index (χ0n) is 12.6. The van der Waals surface area contributed by atoms with Crippen LogP contribution in [0.3, 0.4) is 0 Å². The van der Waals surface area contributed by atoms with Gasteiger partial charge >= 0.3 is 0 Å². The first-order valence-electron chi connectivity index (χ1n) is 8.11. The molecule has 0 spiro atoms. The van der Waals surface area contributed by atoms with Crippen molar-refractivity contribution in [3.05, 3.63) is 0 Å². The zero-order chi connectivity index (χ0) is 13.8. The molecule has 1 aliphatic rings. The van der Waals surface area contributed by atoms with E-state index in [9.17, 15) is 0 Å². The first-order valence-corrected chi connectivity index (χ1v) is 9.23. The van der Waals surface area contributed by atoms with E-state index in [1.807, 2.05) is 0 Å². The van der Waals surface area contributed by atoms with Crippen molar-refractivity contribution in [2.24, 2.45) is 0 Å². The molecule has 0 aliphatic carbocycles. The van der Waals surface area contributed by atoms with Gasteiger partial charge in [0.1, 0.15) is 0 Å². The van der Waals surface area contributed by atoms with Crippen LogP contribution in [0, 0.1) is 0 Å². The fraction of sp³-hybridized carbons (Fsp3) is 1.00. The van der Waals surface area contributed by atoms with Crippen molar-refractivity contribution in [3.63, 3.8) is 0 Å². The molecule has 0 unspecified atom stereocenters. The van der Waals surface area contributed by atoms with E-state index in [-0.39, 0.29) is 5.79 Å². The van der Waals surface area contributed by atoms with Crippen LogP contribution in [-0.2, 0) is 9.47 Å². The molecule has 1 rings (SSSR count). The maximum absolute atomic E-state index is 5.61. The third-order valence-electron chi connectivity index (χ3n) is 3.91. The number of hydrogen-bond donors (Lipinski definition) is 0. The standard InChI is InChI=1S/C16H31BrO2/c1-16(18-14-15-19-16)12-10-8-6-4-2-3-5-7-9-11-13-17/h2-15H2,1H3. The van der Waals surface area contributed by atoms with E-state index in [1.165, 1.54) is 69.5 Å². The Morgan fingerprint density at radius 1 is 0.737 bits per heavy atom. The Labute approximate surface area is 127 Å². The fourth-order valence-electron chi connectivity index (χ4n) is 2.66. The van der Waals surface area contributed by atoms with Crippen LogP contribution in [-0.4, -0.2) is 24.3 Å². The Hall–Kier alpha value is 0.400. The van der Waals surface area contributed by atoms with Crippen LogP contribution in [0.2, 0.25) is 0 Å². The number of halogens is 1. The number of unbranched alkanes of at least 4 members (excludes halogenated alkanes) is 9. The molecule has 1 fully saturated rings. The summed E-state index contributed by atoms with van der Waals surface area (Å²) in [6.07, 6.45) is 14.8. The van der Waals surface area contributed by atoms with E-state index in [2.05, 4.69) is 22.9 Å². The highest BCUT2D eigenvalue weighted by Crippen LogP contribution is 2.25. The molecule has 3 heteroatoms. The van der Waals surface area contributed by atoms with Crippen LogP contribution in [0.4, 0.5) is 0 Å². The normalized spacial score (nSPS) is 18.0. The summed E-state index contributed by atoms with van der Waals surface area (Å²) in [6.45, 7) is 3.62. The third-order valence-corrected chi connectivity index (χ3v) is 4.47. The lowest BCUT2D eigenvalue weighted by molar-refractivity contribution is -0.147. The van der Waals surface area contributed by atoms with E-state index in [0.29, 0.717) is 0 Å². The summed E-state index contributed by atoms with van der Waals surface area (Å²) in [4.78, 5) is 0. The quantitative estimate of drug-likeness (QED) is 0.349. The van der Waals surface area contributed by atoms with Crippen molar-refractivity contribution >= 4 is 15.9 Å². The predicted molar refractivity (Wildman–Crippen MR) is 84.9 cm³/mol. The van der Waals surface area contributed by atoms with Gasteiger partial charge in [-0.2, -0.15) is 0 Å². The number of hydrogen-bond acceptors (Lipinski definition) is 2. The van der Waals surface area contributed by atoms with Gasteiger partial charge in [-0.1, -0.05) is 67.3 Å². The van der Waals surface area contributed by atoms with Crippen molar-refractivity contribution in [2.45, 2.75) is 83.3 Å². The van der Waals surface area contributed by atoms with Gasteiger partial charge in [-0.25, -0.2) is 0 Å². The van der Waals surface area contributed by atoms with E-state index < -0.39 is 0 Å². The molecule has 2 nitrogen and oxygen atoms in total. The molecular formula is C16H31BrO2. The number of alkyl halides is 1. The molecule has 0 bridgehead atoms. The van der Waals surface area contributed by atoms with Crippen LogP contribution in [0.15, 0.2) is 0 Å². The molecule has 1 aliphatic heterocycles. The van der Waals surface area contributed by atoms with E-state index in [1.54, 1.807) is 0 Å². The summed E-state index contributed by atoms with van der Waals surface area (Å²) in [7, 11) is 0. The molecule has 0 N–H and O–H groups in total. The molecule has 19 heavy (non-hydrogen) atoms. The lowest BCUT2D eigenvalue weighted by Crippen LogP contribution is -2.24. The molecule has 1 saturated heterocycles. The van der Waals surface area contributed by atoms with Gasteiger partial charge < -0.3 is 9.47 Å². The Bertz CT molecular complexity index is 203. The molecular weight excluding hydrogens is 304 g/mol. The summed E-state index contributed by atoms with van der Waals surface area (Å²) < 4.78 is 11.2. The summed E-state index contributed by atoms with van der Waals surface area (Å²) in [5, 5.41) is 1.17. The van der Waals surface area contributed by atoms with E-state index in [0.717, 1.165) is 19.6 Å². The highest BCUT2D eigenvalue weighted by atomic mass is 79.9. The number of ether oxygens (including phenoxy) is 2. The Morgan fingerprint density at radius 2 is 1.16 bits per heavy atom. The van der Waals surface area contributed by atoms with E-state index in [4.69, 9.17) is 9.47 Å². The minimum Gasteiger partial charge on any atom is -0.348 e. The van der Waals surface area contributed by atoms with Crippen molar-refractivity contribution in [2.75, 3.05) is 18.5 Å². The maximum atomic E-state index is 5.61. The topological polar surface area (TPSA) is 18.5 Å². The first-order chi connectivity index (χ1) is 9.27. The van der Waals surface area contributed by atoms with Crippen LogP contribution in [0.1, 0.15) is 77.6 Å². The SMILES string of the molecule is CC1(CCCCCCCCCCCCBr)OCCO1. The molecule has 114 valence electrons. The second kappa shape index (κ2) is 11.1. The van der Waals surface area contributed by atoms with Gasteiger partial charge in [-0.15, -0.1) is 0 Å². The lowest BCUT2D eigenvalue weighted by atomic mass is 10.0. The highest BCUT2D eigenvalue weighted by Gasteiger charge is 2.29. The second-order valence-corrected chi connectivity index (χ2v) is 6.60. The first kappa shape index (κ1) is 17.5. The van der Waals surface area contributed by atoms with Crippen molar-refractivity contribution < 1.29 is 9.47 Å². The lowest BCUT2D eigenvalue weighted by Gasteiger charge is -2.21. The third kappa shape index (κ3) is 9.04. The molecule has 1 heterocycles. The van der Waals surface area contributed by atoms with Gasteiger partial charge in [-0.05, 0) is 19.8 Å². The number of rotatable bonds is 12. The molecule has 0 amide bonds. The maximum Gasteiger partial charge on any atom is 0.165 e. The predicted octanol–water partition coefficient (Wildman–Crippen LogP) is 5.44. The van der Waals surface area contributed by atoms with E-state index >= 15 is 0 Å². The Balaban J connectivity index is 1.76. The summed E-state index contributed by atoms with van der Waals surface area (Å²) in [6, 6.07) is 0. The highest BCUT2D eigenvalue weighted by molar-refractivity contribution is 9.09. The van der Waals surface area contributed by atoms with Gasteiger partial charge in [0.25, 0.3) is 0 Å². The summed E-state index contributed by atoms with van der Waals surface area (Å²) in [5.41, 5.74) is 0.